The van der Waals surface area contributed by atoms with E-state index in [0.717, 1.165) is 45.1 Å². The van der Waals surface area contributed by atoms with E-state index in [1.807, 2.05) is 12.1 Å². The summed E-state index contributed by atoms with van der Waals surface area (Å²) in [5.41, 5.74) is 2.21. The quantitative estimate of drug-likeness (QED) is 0.840. The molecule has 1 saturated heterocycles. The number of nitrogens with zero attached hydrogens (tertiary/aromatic N) is 4. The van der Waals surface area contributed by atoms with Crippen LogP contribution in [0.4, 0.5) is 17.5 Å². The number of ether oxygens (including phenoxy) is 1. The highest BCUT2D eigenvalue weighted by molar-refractivity contribution is 5.56. The van der Waals surface area contributed by atoms with Crippen molar-refractivity contribution in [3.63, 3.8) is 0 Å². The molecule has 1 aromatic carbocycles. The van der Waals surface area contributed by atoms with Crippen LogP contribution in [0.2, 0.25) is 0 Å². The fourth-order valence-corrected chi connectivity index (χ4v) is 2.37. The zero-order chi connectivity index (χ0) is 15.9. The first-order valence-electron chi connectivity index (χ1n) is 7.87. The van der Waals surface area contributed by atoms with Crippen LogP contribution in [0, 0.1) is 6.92 Å². The maximum Gasteiger partial charge on any atom is 0.244 e. The lowest BCUT2D eigenvalue weighted by atomic mass is 10.2. The molecular formula is C16H22N6O. The van der Waals surface area contributed by atoms with Gasteiger partial charge in [-0.15, -0.1) is 5.10 Å². The number of aromatic nitrogens is 3. The number of hydrogen-bond acceptors (Lipinski definition) is 7. The van der Waals surface area contributed by atoms with Gasteiger partial charge in [-0.2, -0.15) is 10.1 Å². The van der Waals surface area contributed by atoms with E-state index in [1.165, 1.54) is 5.56 Å². The zero-order valence-corrected chi connectivity index (χ0v) is 13.3. The Morgan fingerprint density at radius 1 is 1.17 bits per heavy atom. The van der Waals surface area contributed by atoms with Crippen molar-refractivity contribution in [2.75, 3.05) is 50.0 Å². The van der Waals surface area contributed by atoms with E-state index < -0.39 is 0 Å². The Bertz CT molecular complexity index is 612. The summed E-state index contributed by atoms with van der Waals surface area (Å²) in [5.74, 6) is 1.22. The predicted octanol–water partition coefficient (Wildman–Crippen LogP) is 1.67. The molecular weight excluding hydrogens is 292 g/mol. The molecule has 1 aliphatic heterocycles. The second-order valence-corrected chi connectivity index (χ2v) is 5.54. The SMILES string of the molecule is Cc1ccc(Nc2cnnc(NCCN3CCOCC3)n2)cc1. The summed E-state index contributed by atoms with van der Waals surface area (Å²) < 4.78 is 5.34. The van der Waals surface area contributed by atoms with E-state index in [-0.39, 0.29) is 0 Å². The highest BCUT2D eigenvalue weighted by Gasteiger charge is 2.09. The molecule has 122 valence electrons. The highest BCUT2D eigenvalue weighted by Crippen LogP contribution is 2.14. The minimum Gasteiger partial charge on any atom is -0.379 e. The van der Waals surface area contributed by atoms with Crippen LogP contribution in [0.3, 0.4) is 0 Å². The molecule has 0 aliphatic carbocycles. The van der Waals surface area contributed by atoms with Gasteiger partial charge in [-0.05, 0) is 19.1 Å². The molecule has 7 nitrogen and oxygen atoms in total. The molecule has 2 heterocycles. The van der Waals surface area contributed by atoms with Crippen LogP contribution in [0.5, 0.6) is 0 Å². The van der Waals surface area contributed by atoms with Gasteiger partial charge >= 0.3 is 0 Å². The first-order valence-corrected chi connectivity index (χ1v) is 7.87. The molecule has 1 fully saturated rings. The third-order valence-corrected chi connectivity index (χ3v) is 3.70. The Morgan fingerprint density at radius 2 is 1.96 bits per heavy atom. The summed E-state index contributed by atoms with van der Waals surface area (Å²) in [6.07, 6.45) is 1.62. The van der Waals surface area contributed by atoms with E-state index in [4.69, 9.17) is 4.74 Å². The summed E-state index contributed by atoms with van der Waals surface area (Å²) in [6, 6.07) is 8.14. The fourth-order valence-electron chi connectivity index (χ4n) is 2.37. The second-order valence-electron chi connectivity index (χ2n) is 5.54. The van der Waals surface area contributed by atoms with Crippen LogP contribution < -0.4 is 10.6 Å². The Morgan fingerprint density at radius 3 is 2.74 bits per heavy atom. The average Bonchev–Trinajstić information content (AvgIpc) is 2.58. The van der Waals surface area contributed by atoms with Crippen LogP contribution in [-0.2, 0) is 4.74 Å². The van der Waals surface area contributed by atoms with Crippen LogP contribution in [0.15, 0.2) is 30.5 Å². The van der Waals surface area contributed by atoms with Crippen LogP contribution in [0.1, 0.15) is 5.56 Å². The van der Waals surface area contributed by atoms with Gasteiger partial charge < -0.3 is 15.4 Å². The minimum atomic E-state index is 0.537. The van der Waals surface area contributed by atoms with Crippen molar-refractivity contribution < 1.29 is 4.74 Å². The molecule has 0 unspecified atom stereocenters. The smallest absolute Gasteiger partial charge is 0.244 e. The topological polar surface area (TPSA) is 75.2 Å². The first-order chi connectivity index (χ1) is 11.3. The molecule has 3 rings (SSSR count). The predicted molar refractivity (Wildman–Crippen MR) is 90.0 cm³/mol. The number of nitrogens with one attached hydrogen (secondary N) is 2. The van der Waals surface area contributed by atoms with Gasteiger partial charge in [-0.25, -0.2) is 0 Å². The summed E-state index contributed by atoms with van der Waals surface area (Å²) in [6.45, 7) is 7.39. The van der Waals surface area contributed by atoms with Gasteiger partial charge in [0.15, 0.2) is 5.82 Å². The van der Waals surface area contributed by atoms with Gasteiger partial charge in [0.2, 0.25) is 5.95 Å². The lowest BCUT2D eigenvalue weighted by Gasteiger charge is -2.26. The van der Waals surface area contributed by atoms with Crippen molar-refractivity contribution >= 4 is 17.5 Å². The standard InChI is InChI=1S/C16H22N6O/c1-13-2-4-14(5-3-13)19-15-12-18-21-16(20-15)17-6-7-22-8-10-23-11-9-22/h2-5,12H,6-11H2,1H3,(H2,17,19,20,21). The van der Waals surface area contributed by atoms with Crippen LogP contribution >= 0.6 is 0 Å². The number of benzene rings is 1. The zero-order valence-electron chi connectivity index (χ0n) is 13.3. The third-order valence-electron chi connectivity index (χ3n) is 3.70. The van der Waals surface area contributed by atoms with Crippen molar-refractivity contribution in [2.45, 2.75) is 6.92 Å². The number of aryl methyl sites for hydroxylation is 1. The van der Waals surface area contributed by atoms with Gasteiger partial charge in [0.05, 0.1) is 19.4 Å². The maximum absolute atomic E-state index is 5.34. The number of anilines is 3. The molecule has 2 N–H and O–H groups in total. The molecule has 0 spiro atoms. The van der Waals surface area contributed by atoms with E-state index in [9.17, 15) is 0 Å². The summed E-state index contributed by atoms with van der Waals surface area (Å²) >= 11 is 0. The van der Waals surface area contributed by atoms with E-state index in [1.54, 1.807) is 6.20 Å². The molecule has 7 heteroatoms. The van der Waals surface area contributed by atoms with E-state index >= 15 is 0 Å². The molecule has 0 atom stereocenters. The number of hydrogen-bond donors (Lipinski definition) is 2. The summed E-state index contributed by atoms with van der Waals surface area (Å²) in [7, 11) is 0. The van der Waals surface area contributed by atoms with Gasteiger partial charge in [0.1, 0.15) is 0 Å². The maximum atomic E-state index is 5.34. The van der Waals surface area contributed by atoms with Crippen molar-refractivity contribution in [3.8, 4) is 0 Å². The molecule has 1 aliphatic rings. The summed E-state index contributed by atoms with van der Waals surface area (Å²) in [5, 5.41) is 14.5. The molecule has 0 radical (unpaired) electrons. The van der Waals surface area contributed by atoms with Gasteiger partial charge in [-0.3, -0.25) is 4.90 Å². The molecule has 1 aromatic heterocycles. The number of rotatable bonds is 6. The van der Waals surface area contributed by atoms with Crippen LogP contribution in [0.25, 0.3) is 0 Å². The van der Waals surface area contributed by atoms with Crippen molar-refractivity contribution in [1.29, 1.82) is 0 Å². The molecule has 2 aromatic rings. The highest BCUT2D eigenvalue weighted by atomic mass is 16.5. The first kappa shape index (κ1) is 15.6. The van der Waals surface area contributed by atoms with Gasteiger partial charge in [-0.1, -0.05) is 17.7 Å². The second kappa shape index (κ2) is 7.85. The van der Waals surface area contributed by atoms with E-state index in [2.05, 4.69) is 49.8 Å². The molecule has 23 heavy (non-hydrogen) atoms. The lowest BCUT2D eigenvalue weighted by Crippen LogP contribution is -2.39. The largest absolute Gasteiger partial charge is 0.379 e. The van der Waals surface area contributed by atoms with Crippen molar-refractivity contribution in [1.82, 2.24) is 20.1 Å². The molecule has 0 amide bonds. The third kappa shape index (κ3) is 4.87. The monoisotopic (exact) mass is 314 g/mol. The van der Waals surface area contributed by atoms with Crippen LogP contribution in [-0.4, -0.2) is 59.5 Å². The lowest BCUT2D eigenvalue weighted by molar-refractivity contribution is 0.0398. The van der Waals surface area contributed by atoms with Crippen molar-refractivity contribution in [2.24, 2.45) is 0 Å². The minimum absolute atomic E-state index is 0.537. The fraction of sp³-hybridized carbons (Fsp3) is 0.438. The Balaban J connectivity index is 1.51. The van der Waals surface area contributed by atoms with Gasteiger partial charge in [0.25, 0.3) is 0 Å². The Labute approximate surface area is 136 Å². The Kier molecular flexibility index (Phi) is 5.33. The van der Waals surface area contributed by atoms with Crippen molar-refractivity contribution in [3.05, 3.63) is 36.0 Å². The number of morpholine rings is 1. The average molecular weight is 314 g/mol. The molecule has 0 saturated carbocycles. The Hall–Kier alpha value is -2.25. The summed E-state index contributed by atoms with van der Waals surface area (Å²) in [4.78, 5) is 6.79. The normalized spacial score (nSPS) is 15.3. The van der Waals surface area contributed by atoms with E-state index in [0.29, 0.717) is 11.8 Å². The van der Waals surface area contributed by atoms with Gasteiger partial charge in [0, 0.05) is 31.9 Å². The molecule has 0 bridgehead atoms.